The van der Waals surface area contributed by atoms with E-state index in [0.717, 1.165) is 12.5 Å². The van der Waals surface area contributed by atoms with E-state index < -0.39 is 5.97 Å². The van der Waals surface area contributed by atoms with Gasteiger partial charge in [-0.25, -0.2) is 4.79 Å². The van der Waals surface area contributed by atoms with Gasteiger partial charge in [0.1, 0.15) is 0 Å². The Morgan fingerprint density at radius 2 is 2.25 bits per heavy atom. The van der Waals surface area contributed by atoms with Gasteiger partial charge < -0.3 is 10.4 Å². The maximum atomic E-state index is 11.9. The predicted octanol–water partition coefficient (Wildman–Crippen LogP) is 2.05. The number of carbonyl (C=O) groups excluding carboxylic acids is 1. The van der Waals surface area contributed by atoms with E-state index in [1.54, 1.807) is 17.8 Å². The Morgan fingerprint density at radius 1 is 1.50 bits per heavy atom. The second-order valence-electron chi connectivity index (χ2n) is 4.27. The van der Waals surface area contributed by atoms with Gasteiger partial charge in [0.15, 0.2) is 0 Å². The lowest BCUT2D eigenvalue weighted by atomic mass is 10.2. The molecule has 0 saturated heterocycles. The number of carboxylic acids is 1. The van der Waals surface area contributed by atoms with Gasteiger partial charge in [-0.15, -0.1) is 0 Å². The summed E-state index contributed by atoms with van der Waals surface area (Å²) in [6, 6.07) is 1.61. The van der Waals surface area contributed by atoms with Crippen LogP contribution in [0.4, 0.5) is 0 Å². The molecule has 20 heavy (non-hydrogen) atoms. The number of aliphatic carboxylic acids is 1. The standard InChI is InChI=1S/C14H18N2O3S/c1-10(20-2)5-6-16-14(19)12-7-11(8-15-9-12)3-4-13(17)18/h3-4,7-10H,5-6H2,1-2H3,(H,16,19)(H,17,18)/b4-3+. The third-order valence-corrected chi connectivity index (χ3v) is 3.72. The maximum absolute atomic E-state index is 11.9. The lowest BCUT2D eigenvalue weighted by Gasteiger charge is -2.09. The minimum Gasteiger partial charge on any atom is -0.478 e. The van der Waals surface area contributed by atoms with Crippen LogP contribution in [-0.4, -0.2) is 40.0 Å². The average molecular weight is 294 g/mol. The maximum Gasteiger partial charge on any atom is 0.328 e. The summed E-state index contributed by atoms with van der Waals surface area (Å²) in [6.07, 6.45) is 8.33. The molecule has 1 unspecified atom stereocenters. The van der Waals surface area contributed by atoms with Crippen molar-refractivity contribution in [2.45, 2.75) is 18.6 Å². The molecule has 2 N–H and O–H groups in total. The molecule has 0 bridgehead atoms. The van der Waals surface area contributed by atoms with Crippen LogP contribution in [-0.2, 0) is 4.79 Å². The molecule has 1 atom stereocenters. The molecule has 0 fully saturated rings. The molecule has 1 aromatic heterocycles. The quantitative estimate of drug-likeness (QED) is 0.752. The zero-order valence-corrected chi connectivity index (χ0v) is 12.3. The minimum atomic E-state index is -1.04. The molecule has 0 radical (unpaired) electrons. The Bertz CT molecular complexity index is 503. The van der Waals surface area contributed by atoms with E-state index in [0.29, 0.717) is 22.9 Å². The summed E-state index contributed by atoms with van der Waals surface area (Å²) in [4.78, 5) is 26.3. The molecule has 6 heteroatoms. The van der Waals surface area contributed by atoms with Crippen molar-refractivity contribution in [1.82, 2.24) is 10.3 Å². The number of thioether (sulfide) groups is 1. The van der Waals surface area contributed by atoms with Crippen molar-refractivity contribution < 1.29 is 14.7 Å². The van der Waals surface area contributed by atoms with Gasteiger partial charge in [0.25, 0.3) is 5.91 Å². The number of amides is 1. The lowest BCUT2D eigenvalue weighted by molar-refractivity contribution is -0.131. The Kier molecular flexibility index (Phi) is 6.79. The van der Waals surface area contributed by atoms with Crippen molar-refractivity contribution in [3.63, 3.8) is 0 Å². The molecule has 0 aliphatic rings. The number of carbonyl (C=O) groups is 2. The van der Waals surface area contributed by atoms with Crippen LogP contribution in [0.1, 0.15) is 29.3 Å². The number of nitrogens with one attached hydrogen (secondary N) is 1. The van der Waals surface area contributed by atoms with Gasteiger partial charge in [0.05, 0.1) is 5.56 Å². The number of nitrogens with zero attached hydrogens (tertiary/aromatic N) is 1. The largest absolute Gasteiger partial charge is 0.478 e. The molecule has 0 aromatic carbocycles. The fourth-order valence-corrected chi connectivity index (χ4v) is 1.80. The van der Waals surface area contributed by atoms with E-state index in [-0.39, 0.29) is 5.91 Å². The highest BCUT2D eigenvalue weighted by molar-refractivity contribution is 7.99. The zero-order chi connectivity index (χ0) is 15.0. The van der Waals surface area contributed by atoms with Crippen molar-refractivity contribution in [1.29, 1.82) is 0 Å². The van der Waals surface area contributed by atoms with Gasteiger partial charge in [-0.2, -0.15) is 11.8 Å². The smallest absolute Gasteiger partial charge is 0.328 e. The fourth-order valence-electron chi connectivity index (χ4n) is 1.45. The van der Waals surface area contributed by atoms with Crippen LogP contribution in [0.25, 0.3) is 6.08 Å². The van der Waals surface area contributed by atoms with Crippen molar-refractivity contribution in [2.24, 2.45) is 0 Å². The van der Waals surface area contributed by atoms with Gasteiger partial charge in [-0.1, -0.05) is 6.92 Å². The van der Waals surface area contributed by atoms with Crippen LogP contribution in [0.3, 0.4) is 0 Å². The van der Waals surface area contributed by atoms with E-state index in [2.05, 4.69) is 17.2 Å². The highest BCUT2D eigenvalue weighted by Gasteiger charge is 2.07. The molecule has 1 heterocycles. The number of hydrogen-bond donors (Lipinski definition) is 2. The first kappa shape index (κ1) is 16.2. The third kappa shape index (κ3) is 5.88. The first-order chi connectivity index (χ1) is 9.52. The molecule has 0 saturated carbocycles. The zero-order valence-electron chi connectivity index (χ0n) is 11.5. The molecule has 0 aliphatic carbocycles. The monoisotopic (exact) mass is 294 g/mol. The van der Waals surface area contributed by atoms with Crippen LogP contribution in [0, 0.1) is 0 Å². The second kappa shape index (κ2) is 8.37. The number of carboxylic acid groups (broad SMARTS) is 1. The molecular formula is C14H18N2O3S. The first-order valence-corrected chi connectivity index (χ1v) is 7.48. The molecule has 1 aromatic rings. The summed E-state index contributed by atoms with van der Waals surface area (Å²) >= 11 is 1.76. The summed E-state index contributed by atoms with van der Waals surface area (Å²) in [5, 5.41) is 11.9. The first-order valence-electron chi connectivity index (χ1n) is 6.20. The van der Waals surface area contributed by atoms with E-state index in [1.165, 1.54) is 18.5 Å². The number of aromatic nitrogens is 1. The normalized spacial score (nSPS) is 12.3. The summed E-state index contributed by atoms with van der Waals surface area (Å²) in [5.74, 6) is -1.23. The SMILES string of the molecule is CSC(C)CCNC(=O)c1cncc(/C=C/C(=O)O)c1. The van der Waals surface area contributed by atoms with Crippen molar-refractivity contribution >= 4 is 29.7 Å². The molecule has 108 valence electrons. The average Bonchev–Trinajstić information content (AvgIpc) is 2.45. The van der Waals surface area contributed by atoms with Crippen LogP contribution in [0.15, 0.2) is 24.5 Å². The van der Waals surface area contributed by atoms with Crippen molar-refractivity contribution in [2.75, 3.05) is 12.8 Å². The summed E-state index contributed by atoms with van der Waals surface area (Å²) in [7, 11) is 0. The Hall–Kier alpha value is -1.82. The number of pyridine rings is 1. The number of hydrogen-bond acceptors (Lipinski definition) is 4. The summed E-state index contributed by atoms with van der Waals surface area (Å²) in [6.45, 7) is 2.71. The van der Waals surface area contributed by atoms with Gasteiger partial charge in [0, 0.05) is 30.3 Å². The van der Waals surface area contributed by atoms with Crippen molar-refractivity contribution in [3.05, 3.63) is 35.7 Å². The van der Waals surface area contributed by atoms with Crippen LogP contribution >= 0.6 is 11.8 Å². The van der Waals surface area contributed by atoms with Crippen LogP contribution in [0.5, 0.6) is 0 Å². The Morgan fingerprint density at radius 3 is 2.90 bits per heavy atom. The molecule has 1 amide bonds. The van der Waals surface area contributed by atoms with Crippen molar-refractivity contribution in [3.8, 4) is 0 Å². The van der Waals surface area contributed by atoms with E-state index in [1.807, 2.05) is 6.26 Å². The Balaban J connectivity index is 2.60. The van der Waals surface area contributed by atoms with Gasteiger partial charge >= 0.3 is 5.97 Å². The van der Waals surface area contributed by atoms with E-state index in [9.17, 15) is 9.59 Å². The molecule has 5 nitrogen and oxygen atoms in total. The van der Waals surface area contributed by atoms with Gasteiger partial charge in [-0.3, -0.25) is 9.78 Å². The minimum absolute atomic E-state index is 0.198. The van der Waals surface area contributed by atoms with Gasteiger partial charge in [0.2, 0.25) is 0 Å². The predicted molar refractivity (Wildman–Crippen MR) is 80.8 cm³/mol. The molecular weight excluding hydrogens is 276 g/mol. The Labute approximate surface area is 122 Å². The molecule has 1 rings (SSSR count). The lowest BCUT2D eigenvalue weighted by Crippen LogP contribution is -2.26. The van der Waals surface area contributed by atoms with Crippen LogP contribution < -0.4 is 5.32 Å². The highest BCUT2D eigenvalue weighted by Crippen LogP contribution is 2.09. The topological polar surface area (TPSA) is 79.3 Å². The highest BCUT2D eigenvalue weighted by atomic mass is 32.2. The number of rotatable bonds is 7. The van der Waals surface area contributed by atoms with E-state index >= 15 is 0 Å². The summed E-state index contributed by atoms with van der Waals surface area (Å²) < 4.78 is 0. The third-order valence-electron chi connectivity index (χ3n) is 2.68. The second-order valence-corrected chi connectivity index (χ2v) is 5.55. The van der Waals surface area contributed by atoms with Gasteiger partial charge in [-0.05, 0) is 30.4 Å². The molecule has 0 spiro atoms. The fraction of sp³-hybridized carbons (Fsp3) is 0.357. The molecule has 0 aliphatic heterocycles. The summed E-state index contributed by atoms with van der Waals surface area (Å²) in [5.41, 5.74) is 1.01. The van der Waals surface area contributed by atoms with Crippen LogP contribution in [0.2, 0.25) is 0 Å². The van der Waals surface area contributed by atoms with E-state index in [4.69, 9.17) is 5.11 Å².